The topological polar surface area (TPSA) is 78.5 Å². The molecule has 1 aliphatic carbocycles. The van der Waals surface area contributed by atoms with Crippen LogP contribution in [0.1, 0.15) is 28.8 Å². The fraction of sp³-hybridized carbons (Fsp3) is 0.316. The first-order chi connectivity index (χ1) is 12.9. The molecule has 8 heteroatoms. The molecule has 1 spiro atoms. The van der Waals surface area contributed by atoms with Gasteiger partial charge in [0.15, 0.2) is 0 Å². The molecule has 0 unspecified atom stereocenters. The molecule has 2 aromatic rings. The number of amides is 4. The first-order valence-corrected chi connectivity index (χ1v) is 9.93. The number of rotatable bonds is 3. The quantitative estimate of drug-likeness (QED) is 0.770. The van der Waals surface area contributed by atoms with Crippen LogP contribution in [0.4, 0.5) is 10.5 Å². The minimum atomic E-state index is -1.04. The minimum Gasteiger partial charge on any atom is -0.323 e. The van der Waals surface area contributed by atoms with Gasteiger partial charge in [0.2, 0.25) is 5.91 Å². The van der Waals surface area contributed by atoms with Crippen molar-refractivity contribution < 1.29 is 14.4 Å². The summed E-state index contributed by atoms with van der Waals surface area (Å²) in [6.45, 7) is 1.54. The second-order valence-electron chi connectivity index (χ2n) is 6.87. The summed E-state index contributed by atoms with van der Waals surface area (Å²) in [4.78, 5) is 40.1. The van der Waals surface area contributed by atoms with Crippen LogP contribution in [0.2, 0.25) is 5.02 Å². The summed E-state index contributed by atoms with van der Waals surface area (Å²) in [6, 6.07) is 6.61. The Balaban J connectivity index is 1.53. The summed E-state index contributed by atoms with van der Waals surface area (Å²) in [5.74, 6) is -0.834. The Labute approximate surface area is 165 Å². The third-order valence-corrected chi connectivity index (χ3v) is 6.33. The number of thiophene rings is 1. The highest BCUT2D eigenvalue weighted by Crippen LogP contribution is 2.42. The van der Waals surface area contributed by atoms with Crippen molar-refractivity contribution in [1.29, 1.82) is 0 Å². The molecule has 4 amide bonds. The van der Waals surface area contributed by atoms with E-state index in [1.807, 2.05) is 24.4 Å². The number of aryl methyl sites for hydroxylation is 2. The van der Waals surface area contributed by atoms with Gasteiger partial charge in [-0.05, 0) is 55.3 Å². The lowest BCUT2D eigenvalue weighted by molar-refractivity contribution is -0.134. The van der Waals surface area contributed by atoms with Crippen LogP contribution in [0, 0.1) is 6.92 Å². The van der Waals surface area contributed by atoms with Crippen LogP contribution < -0.4 is 10.6 Å². The fourth-order valence-corrected chi connectivity index (χ4v) is 5.02. The van der Waals surface area contributed by atoms with Crippen LogP contribution >= 0.6 is 22.9 Å². The molecule has 0 saturated carbocycles. The number of benzene rings is 1. The first kappa shape index (κ1) is 18.0. The molecule has 2 aliphatic rings. The summed E-state index contributed by atoms with van der Waals surface area (Å²) >= 11 is 7.73. The number of nitrogens with zero attached hydrogens (tertiary/aromatic N) is 1. The standard InChI is InChI=1S/C19H18ClN3O3S/c1-11-4-5-14(13(20)9-11)21-16(24)10-23-17(25)19(22-18(23)26)7-2-3-15-12(19)6-8-27-15/h4-6,8-9H,2-3,7,10H2,1H3,(H,21,24)(H,22,26)/t19-/m0/s1. The van der Waals surface area contributed by atoms with Gasteiger partial charge in [-0.15, -0.1) is 11.3 Å². The number of halogens is 1. The number of anilines is 1. The molecule has 1 aromatic heterocycles. The third-order valence-electron chi connectivity index (χ3n) is 5.04. The molecule has 1 fully saturated rings. The molecule has 27 heavy (non-hydrogen) atoms. The van der Waals surface area contributed by atoms with Gasteiger partial charge in [-0.2, -0.15) is 0 Å². The highest BCUT2D eigenvalue weighted by atomic mass is 35.5. The smallest absolute Gasteiger partial charge is 0.323 e. The number of carbonyl (C=O) groups is 3. The first-order valence-electron chi connectivity index (χ1n) is 8.68. The lowest BCUT2D eigenvalue weighted by atomic mass is 9.80. The van der Waals surface area contributed by atoms with Gasteiger partial charge in [0.1, 0.15) is 12.1 Å². The molecule has 1 aromatic carbocycles. The largest absolute Gasteiger partial charge is 0.325 e. The normalized spacial score (nSPS) is 21.3. The Morgan fingerprint density at radius 3 is 2.96 bits per heavy atom. The molecule has 1 saturated heterocycles. The predicted molar refractivity (Wildman–Crippen MR) is 104 cm³/mol. The molecular formula is C19H18ClN3O3S. The summed E-state index contributed by atoms with van der Waals surface area (Å²) < 4.78 is 0. The van der Waals surface area contributed by atoms with Gasteiger partial charge < -0.3 is 10.6 Å². The molecule has 4 rings (SSSR count). The Morgan fingerprint density at radius 1 is 1.37 bits per heavy atom. The summed E-state index contributed by atoms with van der Waals surface area (Å²) in [7, 11) is 0. The van der Waals surface area contributed by atoms with Crippen LogP contribution in [0.25, 0.3) is 0 Å². The number of urea groups is 1. The van der Waals surface area contributed by atoms with Crippen molar-refractivity contribution in [3.05, 3.63) is 50.7 Å². The zero-order valence-corrected chi connectivity index (χ0v) is 16.2. The number of nitrogens with one attached hydrogen (secondary N) is 2. The van der Waals surface area contributed by atoms with Gasteiger partial charge in [-0.1, -0.05) is 17.7 Å². The minimum absolute atomic E-state index is 0.351. The fourth-order valence-electron chi connectivity index (χ4n) is 3.74. The van der Waals surface area contributed by atoms with Gasteiger partial charge in [-0.3, -0.25) is 14.5 Å². The second-order valence-corrected chi connectivity index (χ2v) is 8.28. The zero-order valence-electron chi connectivity index (χ0n) is 14.7. The van der Waals surface area contributed by atoms with Gasteiger partial charge in [0.25, 0.3) is 5.91 Å². The number of fused-ring (bicyclic) bond motifs is 2. The van der Waals surface area contributed by atoms with Crippen LogP contribution in [-0.2, 0) is 21.5 Å². The average Bonchev–Trinajstić information content (AvgIpc) is 3.18. The van der Waals surface area contributed by atoms with Gasteiger partial charge in [0.05, 0.1) is 10.7 Å². The van der Waals surface area contributed by atoms with Gasteiger partial charge in [-0.25, -0.2) is 4.79 Å². The van der Waals surface area contributed by atoms with Crippen molar-refractivity contribution in [3.63, 3.8) is 0 Å². The Kier molecular flexibility index (Phi) is 4.44. The van der Waals surface area contributed by atoms with Gasteiger partial charge >= 0.3 is 6.03 Å². The van der Waals surface area contributed by atoms with E-state index in [1.165, 1.54) is 0 Å². The van der Waals surface area contributed by atoms with E-state index < -0.39 is 17.5 Å². The maximum Gasteiger partial charge on any atom is 0.325 e. The maximum absolute atomic E-state index is 13.1. The highest BCUT2D eigenvalue weighted by molar-refractivity contribution is 7.10. The molecule has 0 bridgehead atoms. The monoisotopic (exact) mass is 403 g/mol. The number of imide groups is 1. The molecule has 140 valence electrons. The van der Waals surface area contributed by atoms with Crippen LogP contribution in [0.5, 0.6) is 0 Å². The maximum atomic E-state index is 13.1. The predicted octanol–water partition coefficient (Wildman–Crippen LogP) is 3.43. The van der Waals surface area contributed by atoms with E-state index >= 15 is 0 Å². The number of hydrogen-bond donors (Lipinski definition) is 2. The van der Waals surface area contributed by atoms with Crippen molar-refractivity contribution in [1.82, 2.24) is 10.2 Å². The SMILES string of the molecule is Cc1ccc(NC(=O)CN2C(=O)N[C@]3(CCCc4sccc43)C2=O)c(Cl)c1. The van der Waals surface area contributed by atoms with Crippen molar-refractivity contribution >= 4 is 46.5 Å². The number of carbonyl (C=O) groups excluding carboxylic acids is 3. The van der Waals surface area contributed by atoms with E-state index in [4.69, 9.17) is 11.6 Å². The van der Waals surface area contributed by atoms with E-state index in [0.29, 0.717) is 17.1 Å². The summed E-state index contributed by atoms with van der Waals surface area (Å²) in [6.07, 6.45) is 2.27. The molecule has 1 aliphatic heterocycles. The molecular weight excluding hydrogens is 386 g/mol. The van der Waals surface area contributed by atoms with Crippen molar-refractivity contribution in [2.75, 3.05) is 11.9 Å². The lowest BCUT2D eigenvalue weighted by Crippen LogP contribution is -2.46. The second kappa shape index (κ2) is 6.65. The van der Waals surface area contributed by atoms with Gasteiger partial charge in [0, 0.05) is 10.4 Å². The van der Waals surface area contributed by atoms with Crippen molar-refractivity contribution in [2.24, 2.45) is 0 Å². The summed E-state index contributed by atoms with van der Waals surface area (Å²) in [5.41, 5.74) is 1.25. The highest BCUT2D eigenvalue weighted by Gasteiger charge is 2.54. The third kappa shape index (κ3) is 3.00. The molecule has 2 heterocycles. The Hall–Kier alpha value is -2.38. The zero-order chi connectivity index (χ0) is 19.2. The van der Waals surface area contributed by atoms with E-state index in [2.05, 4.69) is 10.6 Å². The molecule has 2 N–H and O–H groups in total. The Morgan fingerprint density at radius 2 is 2.19 bits per heavy atom. The van der Waals surface area contributed by atoms with E-state index in [1.54, 1.807) is 23.5 Å². The summed E-state index contributed by atoms with van der Waals surface area (Å²) in [5, 5.41) is 7.85. The molecule has 0 radical (unpaired) electrons. The van der Waals surface area contributed by atoms with Crippen LogP contribution in [-0.4, -0.2) is 29.3 Å². The molecule has 6 nitrogen and oxygen atoms in total. The van der Waals surface area contributed by atoms with Crippen molar-refractivity contribution in [3.8, 4) is 0 Å². The van der Waals surface area contributed by atoms with E-state index in [0.717, 1.165) is 33.7 Å². The van der Waals surface area contributed by atoms with E-state index in [-0.39, 0.29) is 12.5 Å². The van der Waals surface area contributed by atoms with Crippen LogP contribution in [0.3, 0.4) is 0 Å². The average molecular weight is 404 g/mol. The lowest BCUT2D eigenvalue weighted by Gasteiger charge is -2.31. The van der Waals surface area contributed by atoms with Crippen molar-refractivity contribution in [2.45, 2.75) is 31.7 Å². The molecule has 1 atom stereocenters. The van der Waals surface area contributed by atoms with E-state index in [9.17, 15) is 14.4 Å². The number of hydrogen-bond acceptors (Lipinski definition) is 4. The Bertz CT molecular complexity index is 957. The van der Waals surface area contributed by atoms with Crippen LogP contribution in [0.15, 0.2) is 29.6 Å².